The van der Waals surface area contributed by atoms with E-state index in [4.69, 9.17) is 4.74 Å². The molecule has 0 aliphatic heterocycles. The highest BCUT2D eigenvalue weighted by atomic mass is 16.6. The first-order valence-corrected chi connectivity index (χ1v) is 9.45. The van der Waals surface area contributed by atoms with Gasteiger partial charge < -0.3 is 25.6 Å². The number of amides is 2. The van der Waals surface area contributed by atoms with Gasteiger partial charge in [-0.25, -0.2) is 4.79 Å². The van der Waals surface area contributed by atoms with Crippen LogP contribution >= 0.6 is 0 Å². The van der Waals surface area contributed by atoms with Crippen molar-refractivity contribution in [1.82, 2.24) is 10.6 Å². The number of alkyl carbamates (subject to hydrolysis) is 1. The minimum atomic E-state index is -0.825. The van der Waals surface area contributed by atoms with E-state index in [1.165, 1.54) is 12.1 Å². The zero-order valence-electron chi connectivity index (χ0n) is 16.9. The van der Waals surface area contributed by atoms with E-state index < -0.39 is 17.7 Å². The van der Waals surface area contributed by atoms with Gasteiger partial charge in [-0.1, -0.05) is 24.3 Å². The number of hydrogen-bond donors (Lipinski definition) is 4. The lowest BCUT2D eigenvalue weighted by molar-refractivity contribution is -0.123. The molecule has 1 unspecified atom stereocenters. The second-order valence-corrected chi connectivity index (χ2v) is 7.78. The highest BCUT2D eigenvalue weighted by molar-refractivity contribution is 5.86. The van der Waals surface area contributed by atoms with Crippen molar-refractivity contribution in [3.63, 3.8) is 0 Å². The minimum Gasteiger partial charge on any atom is -0.508 e. The van der Waals surface area contributed by atoms with Gasteiger partial charge in [0.1, 0.15) is 23.1 Å². The van der Waals surface area contributed by atoms with E-state index in [1.807, 2.05) is 0 Å². The van der Waals surface area contributed by atoms with Crippen LogP contribution in [0.2, 0.25) is 0 Å². The van der Waals surface area contributed by atoms with Crippen molar-refractivity contribution in [2.45, 2.75) is 45.3 Å². The largest absolute Gasteiger partial charge is 0.508 e. The molecule has 0 bridgehead atoms. The molecule has 0 aliphatic carbocycles. The molecule has 0 saturated heterocycles. The molecule has 2 amide bonds. The first-order chi connectivity index (χ1) is 13.6. The van der Waals surface area contributed by atoms with Crippen LogP contribution < -0.4 is 10.6 Å². The Labute approximate surface area is 170 Å². The first kappa shape index (κ1) is 22.1. The number of rotatable bonds is 7. The summed E-state index contributed by atoms with van der Waals surface area (Å²) in [5, 5.41) is 24.2. The van der Waals surface area contributed by atoms with Crippen LogP contribution in [0.3, 0.4) is 0 Å². The standard InChI is InChI=1S/C22H28N2O5/c1-22(2,3)29-21(28)24-19(14-16-6-10-18(26)11-7-16)20(27)23-13-12-15-4-8-17(25)9-5-15/h4-11,19,25-26H,12-14H2,1-3H3,(H,23,27)(H,24,28). The second-order valence-electron chi connectivity index (χ2n) is 7.78. The Hall–Kier alpha value is -3.22. The second kappa shape index (κ2) is 9.82. The van der Waals surface area contributed by atoms with Crippen molar-refractivity contribution in [3.8, 4) is 11.5 Å². The highest BCUT2D eigenvalue weighted by Gasteiger charge is 2.24. The number of carbonyl (C=O) groups is 2. The van der Waals surface area contributed by atoms with Crippen LogP contribution in [0.25, 0.3) is 0 Å². The van der Waals surface area contributed by atoms with Crippen LogP contribution in [0.15, 0.2) is 48.5 Å². The molecule has 7 nitrogen and oxygen atoms in total. The number of phenolic OH excluding ortho intramolecular Hbond substituents is 2. The number of nitrogens with one attached hydrogen (secondary N) is 2. The number of phenols is 2. The van der Waals surface area contributed by atoms with E-state index in [1.54, 1.807) is 57.2 Å². The Morgan fingerprint density at radius 2 is 1.45 bits per heavy atom. The molecule has 0 heterocycles. The van der Waals surface area contributed by atoms with Gasteiger partial charge in [0.05, 0.1) is 0 Å². The fraction of sp³-hybridized carbons (Fsp3) is 0.364. The molecule has 2 rings (SSSR count). The molecule has 2 aromatic rings. The van der Waals surface area contributed by atoms with Crippen molar-refractivity contribution >= 4 is 12.0 Å². The quantitative estimate of drug-likeness (QED) is 0.572. The SMILES string of the molecule is CC(C)(C)OC(=O)NC(Cc1ccc(O)cc1)C(=O)NCCc1ccc(O)cc1. The lowest BCUT2D eigenvalue weighted by Gasteiger charge is -2.23. The molecule has 29 heavy (non-hydrogen) atoms. The smallest absolute Gasteiger partial charge is 0.408 e. The summed E-state index contributed by atoms with van der Waals surface area (Å²) >= 11 is 0. The number of benzene rings is 2. The molecule has 0 spiro atoms. The third-order valence-electron chi connectivity index (χ3n) is 4.03. The van der Waals surface area contributed by atoms with Crippen LogP contribution in [0.4, 0.5) is 4.79 Å². The first-order valence-electron chi connectivity index (χ1n) is 9.45. The Kier molecular flexibility index (Phi) is 7.47. The van der Waals surface area contributed by atoms with Crippen molar-refractivity contribution in [1.29, 1.82) is 0 Å². The summed E-state index contributed by atoms with van der Waals surface area (Å²) in [6.07, 6.45) is 0.171. The molecular weight excluding hydrogens is 372 g/mol. The van der Waals surface area contributed by atoms with E-state index in [0.717, 1.165) is 11.1 Å². The Bertz CT molecular complexity index is 811. The third kappa shape index (κ3) is 8.13. The highest BCUT2D eigenvalue weighted by Crippen LogP contribution is 2.13. The Morgan fingerprint density at radius 3 is 1.97 bits per heavy atom. The summed E-state index contributed by atoms with van der Waals surface area (Å²) in [5.41, 5.74) is 1.08. The van der Waals surface area contributed by atoms with Crippen LogP contribution in [0.5, 0.6) is 11.5 Å². The summed E-state index contributed by atoms with van der Waals surface area (Å²) in [6, 6.07) is 12.4. The van der Waals surface area contributed by atoms with Crippen molar-refractivity contribution in [3.05, 3.63) is 59.7 Å². The zero-order valence-corrected chi connectivity index (χ0v) is 16.9. The fourth-order valence-electron chi connectivity index (χ4n) is 2.64. The van der Waals surface area contributed by atoms with E-state index in [2.05, 4.69) is 10.6 Å². The average molecular weight is 400 g/mol. The summed E-state index contributed by atoms with van der Waals surface area (Å²) < 4.78 is 5.27. The molecule has 0 fully saturated rings. The van der Waals surface area contributed by atoms with Gasteiger partial charge in [0.2, 0.25) is 5.91 Å². The molecule has 1 atom stereocenters. The van der Waals surface area contributed by atoms with Crippen LogP contribution in [-0.2, 0) is 22.4 Å². The maximum Gasteiger partial charge on any atom is 0.408 e. The molecule has 4 N–H and O–H groups in total. The van der Waals surface area contributed by atoms with E-state index in [0.29, 0.717) is 13.0 Å². The molecule has 0 aliphatic rings. The summed E-state index contributed by atoms with van der Waals surface area (Å²) in [6.45, 7) is 5.63. The van der Waals surface area contributed by atoms with Gasteiger partial charge in [-0.2, -0.15) is 0 Å². The van der Waals surface area contributed by atoms with Gasteiger partial charge in [0.25, 0.3) is 0 Å². The molecular formula is C22H28N2O5. The van der Waals surface area contributed by atoms with Gasteiger partial charge >= 0.3 is 6.09 Å². The summed E-state index contributed by atoms with van der Waals surface area (Å²) in [4.78, 5) is 24.9. The van der Waals surface area contributed by atoms with Gasteiger partial charge in [0.15, 0.2) is 0 Å². The summed E-state index contributed by atoms with van der Waals surface area (Å²) in [5.74, 6) is -0.0141. The van der Waals surface area contributed by atoms with Gasteiger partial charge in [-0.05, 0) is 62.6 Å². The van der Waals surface area contributed by atoms with Gasteiger partial charge in [-0.15, -0.1) is 0 Å². The Morgan fingerprint density at radius 1 is 0.931 bits per heavy atom. The minimum absolute atomic E-state index is 0.128. The lowest BCUT2D eigenvalue weighted by Crippen LogP contribution is -2.49. The normalized spacial score (nSPS) is 12.1. The summed E-state index contributed by atoms with van der Waals surface area (Å²) in [7, 11) is 0. The van der Waals surface area contributed by atoms with E-state index in [-0.39, 0.29) is 23.8 Å². The number of ether oxygens (including phenoxy) is 1. The fourth-order valence-corrected chi connectivity index (χ4v) is 2.64. The predicted molar refractivity (Wildman–Crippen MR) is 110 cm³/mol. The van der Waals surface area contributed by atoms with Gasteiger partial charge in [0, 0.05) is 13.0 Å². The molecule has 156 valence electrons. The van der Waals surface area contributed by atoms with E-state index >= 15 is 0 Å². The molecule has 0 saturated carbocycles. The lowest BCUT2D eigenvalue weighted by atomic mass is 10.0. The monoisotopic (exact) mass is 400 g/mol. The average Bonchev–Trinajstić information content (AvgIpc) is 2.63. The van der Waals surface area contributed by atoms with Crippen molar-refractivity contribution in [2.75, 3.05) is 6.54 Å². The molecule has 0 aromatic heterocycles. The number of carbonyl (C=O) groups excluding carboxylic acids is 2. The Balaban J connectivity index is 1.99. The van der Waals surface area contributed by atoms with Crippen molar-refractivity contribution in [2.24, 2.45) is 0 Å². The van der Waals surface area contributed by atoms with Crippen molar-refractivity contribution < 1.29 is 24.5 Å². The van der Waals surface area contributed by atoms with Gasteiger partial charge in [-0.3, -0.25) is 4.79 Å². The molecule has 0 radical (unpaired) electrons. The molecule has 2 aromatic carbocycles. The maximum atomic E-state index is 12.7. The van der Waals surface area contributed by atoms with Crippen LogP contribution in [-0.4, -0.2) is 40.4 Å². The topological polar surface area (TPSA) is 108 Å². The predicted octanol–water partition coefficient (Wildman–Crippen LogP) is 2.89. The third-order valence-corrected chi connectivity index (χ3v) is 4.03. The zero-order chi connectivity index (χ0) is 21.4. The van der Waals surface area contributed by atoms with Crippen LogP contribution in [0.1, 0.15) is 31.9 Å². The number of hydrogen-bond acceptors (Lipinski definition) is 5. The number of aromatic hydroxyl groups is 2. The van der Waals surface area contributed by atoms with E-state index in [9.17, 15) is 19.8 Å². The molecule has 7 heteroatoms. The van der Waals surface area contributed by atoms with Crippen LogP contribution in [0, 0.1) is 0 Å². The maximum absolute atomic E-state index is 12.7.